The number of aromatic hydroxyl groups is 1. The number of carbonyl (C=O) groups is 1. The van der Waals surface area contributed by atoms with E-state index in [0.29, 0.717) is 18.8 Å². The highest BCUT2D eigenvalue weighted by Crippen LogP contribution is 2.27. The molecule has 3 nitrogen and oxygen atoms in total. The number of carbonyl (C=O) groups excluding carboxylic acids is 1. The Labute approximate surface area is 140 Å². The average Bonchev–Trinajstić information content (AvgIpc) is 2.54. The second-order valence-electron chi connectivity index (χ2n) is 5.81. The predicted molar refractivity (Wildman–Crippen MR) is 95.1 cm³/mol. The zero-order chi connectivity index (χ0) is 16.9. The zero-order valence-electron chi connectivity index (χ0n) is 14.5. The van der Waals surface area contributed by atoms with Crippen molar-refractivity contribution in [3.8, 4) is 11.5 Å². The molecule has 0 radical (unpaired) electrons. The molecule has 0 fully saturated rings. The Bertz CT molecular complexity index is 492. The maximum Gasteiger partial charge on any atom is 0.161 e. The minimum Gasteiger partial charge on any atom is -0.504 e. The molecule has 0 aliphatic heterocycles. The van der Waals surface area contributed by atoms with Crippen LogP contribution in [0.2, 0.25) is 0 Å². The SMILES string of the molecule is CCCCCCCC(=O)C=CCCc1ccc(O)c(OCC)c1. The van der Waals surface area contributed by atoms with Crippen LogP contribution < -0.4 is 4.74 Å². The Morgan fingerprint density at radius 2 is 1.96 bits per heavy atom. The van der Waals surface area contributed by atoms with E-state index in [-0.39, 0.29) is 11.5 Å². The van der Waals surface area contributed by atoms with Crippen LogP contribution in [-0.2, 0) is 11.2 Å². The zero-order valence-corrected chi connectivity index (χ0v) is 14.5. The summed E-state index contributed by atoms with van der Waals surface area (Å²) in [6, 6.07) is 5.41. The molecule has 0 aromatic heterocycles. The van der Waals surface area contributed by atoms with Crippen molar-refractivity contribution in [3.63, 3.8) is 0 Å². The number of hydrogen-bond donors (Lipinski definition) is 1. The maximum absolute atomic E-state index is 11.7. The van der Waals surface area contributed by atoms with E-state index in [1.165, 1.54) is 19.3 Å². The second kappa shape index (κ2) is 11.8. The molecule has 0 atom stereocenters. The number of ketones is 1. The normalized spacial score (nSPS) is 11.0. The van der Waals surface area contributed by atoms with E-state index >= 15 is 0 Å². The molecule has 0 amide bonds. The number of phenols is 1. The number of benzene rings is 1. The van der Waals surface area contributed by atoms with Gasteiger partial charge in [-0.15, -0.1) is 0 Å². The summed E-state index contributed by atoms with van der Waals surface area (Å²) in [7, 11) is 0. The Balaban J connectivity index is 2.27. The van der Waals surface area contributed by atoms with Gasteiger partial charge < -0.3 is 9.84 Å². The van der Waals surface area contributed by atoms with E-state index in [2.05, 4.69) is 6.92 Å². The summed E-state index contributed by atoms with van der Waals surface area (Å²) in [5, 5.41) is 9.66. The Kier molecular flexibility index (Phi) is 9.85. The summed E-state index contributed by atoms with van der Waals surface area (Å²) in [4.78, 5) is 11.7. The van der Waals surface area contributed by atoms with E-state index < -0.39 is 0 Å². The van der Waals surface area contributed by atoms with Crippen LogP contribution in [0, 0.1) is 0 Å². The third kappa shape index (κ3) is 8.44. The number of phenolic OH excluding ortho intramolecular Hbond substituents is 1. The average molecular weight is 318 g/mol. The molecule has 0 aliphatic carbocycles. The molecule has 128 valence electrons. The van der Waals surface area contributed by atoms with Crippen LogP contribution in [0.4, 0.5) is 0 Å². The Morgan fingerprint density at radius 1 is 1.17 bits per heavy atom. The molecule has 23 heavy (non-hydrogen) atoms. The number of allylic oxidation sites excluding steroid dienone is 2. The highest BCUT2D eigenvalue weighted by atomic mass is 16.5. The Hall–Kier alpha value is -1.77. The lowest BCUT2D eigenvalue weighted by atomic mass is 10.1. The van der Waals surface area contributed by atoms with Gasteiger partial charge >= 0.3 is 0 Å². The summed E-state index contributed by atoms with van der Waals surface area (Å²) in [6.07, 6.45) is 11.9. The lowest BCUT2D eigenvalue weighted by Gasteiger charge is -2.07. The van der Waals surface area contributed by atoms with Gasteiger partial charge in [-0.1, -0.05) is 44.7 Å². The number of ether oxygens (including phenoxy) is 1. The molecule has 0 saturated carbocycles. The van der Waals surface area contributed by atoms with E-state index in [9.17, 15) is 9.90 Å². The van der Waals surface area contributed by atoms with Crippen molar-refractivity contribution >= 4 is 5.78 Å². The van der Waals surface area contributed by atoms with Crippen molar-refractivity contribution in [2.24, 2.45) is 0 Å². The molecule has 0 heterocycles. The summed E-state index contributed by atoms with van der Waals surface area (Å²) >= 11 is 0. The van der Waals surface area contributed by atoms with E-state index in [4.69, 9.17) is 4.74 Å². The van der Waals surface area contributed by atoms with Crippen LogP contribution in [0.3, 0.4) is 0 Å². The van der Waals surface area contributed by atoms with Gasteiger partial charge in [-0.25, -0.2) is 0 Å². The van der Waals surface area contributed by atoms with Crippen LogP contribution >= 0.6 is 0 Å². The van der Waals surface area contributed by atoms with Gasteiger partial charge in [0.15, 0.2) is 17.3 Å². The lowest BCUT2D eigenvalue weighted by molar-refractivity contribution is -0.114. The number of aryl methyl sites for hydroxylation is 1. The van der Waals surface area contributed by atoms with Gasteiger partial charge in [0, 0.05) is 6.42 Å². The highest BCUT2D eigenvalue weighted by molar-refractivity contribution is 5.89. The molecule has 1 N–H and O–H groups in total. The molecule has 0 aliphatic rings. The molecule has 1 aromatic carbocycles. The highest BCUT2D eigenvalue weighted by Gasteiger charge is 2.03. The monoisotopic (exact) mass is 318 g/mol. The molecular formula is C20H30O3. The van der Waals surface area contributed by atoms with Crippen LogP contribution in [-0.4, -0.2) is 17.5 Å². The number of hydrogen-bond acceptors (Lipinski definition) is 3. The first kappa shape index (κ1) is 19.3. The maximum atomic E-state index is 11.7. The standard InChI is InChI=1S/C20H30O3/c1-3-5-6-7-8-12-18(21)13-10-9-11-17-14-15-19(22)20(16-17)23-4-2/h10,13-16,22H,3-9,11-12H2,1-2H3. The van der Waals surface area contributed by atoms with Crippen molar-refractivity contribution in [2.45, 2.75) is 65.2 Å². The van der Waals surface area contributed by atoms with Crippen LogP contribution in [0.25, 0.3) is 0 Å². The topological polar surface area (TPSA) is 46.5 Å². The quantitative estimate of drug-likeness (QED) is 0.425. The van der Waals surface area contributed by atoms with Gasteiger partial charge in [0.2, 0.25) is 0 Å². The third-order valence-corrected chi connectivity index (χ3v) is 3.75. The van der Waals surface area contributed by atoms with Crippen LogP contribution in [0.15, 0.2) is 30.4 Å². The molecule has 1 aromatic rings. The van der Waals surface area contributed by atoms with Crippen LogP contribution in [0.5, 0.6) is 11.5 Å². The van der Waals surface area contributed by atoms with E-state index in [1.807, 2.05) is 25.1 Å². The van der Waals surface area contributed by atoms with Crippen molar-refractivity contribution in [2.75, 3.05) is 6.61 Å². The van der Waals surface area contributed by atoms with Gasteiger partial charge in [0.05, 0.1) is 6.61 Å². The number of rotatable bonds is 12. The molecule has 0 spiro atoms. The largest absolute Gasteiger partial charge is 0.504 e. The van der Waals surface area contributed by atoms with E-state index in [0.717, 1.165) is 31.2 Å². The van der Waals surface area contributed by atoms with Crippen molar-refractivity contribution in [3.05, 3.63) is 35.9 Å². The summed E-state index contributed by atoms with van der Waals surface area (Å²) in [6.45, 7) is 4.62. The van der Waals surface area contributed by atoms with Gasteiger partial charge in [-0.3, -0.25) is 4.79 Å². The first-order valence-corrected chi connectivity index (χ1v) is 8.81. The predicted octanol–water partition coefficient (Wildman–Crippen LogP) is 5.21. The Morgan fingerprint density at radius 3 is 2.70 bits per heavy atom. The summed E-state index contributed by atoms with van der Waals surface area (Å²) in [5.74, 6) is 0.920. The fourth-order valence-corrected chi connectivity index (χ4v) is 2.44. The molecular weight excluding hydrogens is 288 g/mol. The summed E-state index contributed by atoms with van der Waals surface area (Å²) in [5.41, 5.74) is 1.10. The van der Waals surface area contributed by atoms with E-state index in [1.54, 1.807) is 12.1 Å². The molecule has 0 unspecified atom stereocenters. The first-order chi connectivity index (χ1) is 11.2. The molecule has 0 saturated heterocycles. The van der Waals surface area contributed by atoms with Crippen molar-refractivity contribution in [1.82, 2.24) is 0 Å². The van der Waals surface area contributed by atoms with Crippen molar-refractivity contribution in [1.29, 1.82) is 0 Å². The molecule has 0 bridgehead atoms. The van der Waals surface area contributed by atoms with Gasteiger partial charge in [-0.05, 0) is 50.0 Å². The van der Waals surface area contributed by atoms with Gasteiger partial charge in [0.1, 0.15) is 0 Å². The third-order valence-electron chi connectivity index (χ3n) is 3.75. The lowest BCUT2D eigenvalue weighted by Crippen LogP contribution is -1.94. The fraction of sp³-hybridized carbons (Fsp3) is 0.550. The summed E-state index contributed by atoms with van der Waals surface area (Å²) < 4.78 is 5.37. The smallest absolute Gasteiger partial charge is 0.161 e. The van der Waals surface area contributed by atoms with Crippen molar-refractivity contribution < 1.29 is 14.6 Å². The molecule has 3 heteroatoms. The first-order valence-electron chi connectivity index (χ1n) is 8.81. The van der Waals surface area contributed by atoms with Gasteiger partial charge in [-0.2, -0.15) is 0 Å². The minimum atomic E-state index is 0.171. The minimum absolute atomic E-state index is 0.171. The second-order valence-corrected chi connectivity index (χ2v) is 5.81. The fourth-order valence-electron chi connectivity index (χ4n) is 2.44. The molecule has 1 rings (SSSR count). The van der Waals surface area contributed by atoms with Crippen LogP contribution in [0.1, 0.15) is 64.4 Å². The number of unbranched alkanes of at least 4 members (excludes halogenated alkanes) is 4. The van der Waals surface area contributed by atoms with Gasteiger partial charge in [0.25, 0.3) is 0 Å².